The molecule has 3 fully saturated rings. The van der Waals surface area contributed by atoms with Crippen LogP contribution in [0.1, 0.15) is 65.2 Å². The highest BCUT2D eigenvalue weighted by atomic mass is 16.6. The van der Waals surface area contributed by atoms with E-state index in [1.165, 1.54) is 38.5 Å². The highest BCUT2D eigenvalue weighted by Gasteiger charge is 2.56. The number of fused-ring (bicyclic) bond motifs is 5. The summed E-state index contributed by atoms with van der Waals surface area (Å²) in [4.78, 5) is 23.7. The molecule has 3 aliphatic carbocycles. The van der Waals surface area contributed by atoms with Crippen LogP contribution in [-0.4, -0.2) is 11.9 Å². The van der Waals surface area contributed by atoms with E-state index in [4.69, 9.17) is 4.74 Å². The molecule has 1 aliphatic heterocycles. The van der Waals surface area contributed by atoms with Crippen molar-refractivity contribution in [2.45, 2.75) is 65.2 Å². The molecule has 1 saturated heterocycles. The zero-order valence-electron chi connectivity index (χ0n) is 19.4. The first kappa shape index (κ1) is 22.6. The second-order valence-corrected chi connectivity index (χ2v) is 10.9. The van der Waals surface area contributed by atoms with E-state index in [0.717, 1.165) is 41.9 Å². The van der Waals surface area contributed by atoms with Crippen LogP contribution < -0.4 is 0 Å². The molecule has 31 heavy (non-hydrogen) atoms. The maximum absolute atomic E-state index is 12.1. The van der Waals surface area contributed by atoms with Crippen molar-refractivity contribution in [3.8, 4) is 0 Å². The first-order valence-electron chi connectivity index (χ1n) is 12.6. The van der Waals surface area contributed by atoms with Gasteiger partial charge in [-0.05, 0) is 91.8 Å². The van der Waals surface area contributed by atoms with Crippen LogP contribution in [-0.2, 0) is 14.3 Å². The van der Waals surface area contributed by atoms with Crippen molar-refractivity contribution < 1.29 is 14.3 Å². The Bertz CT molecular complexity index is 737. The summed E-state index contributed by atoms with van der Waals surface area (Å²) in [5.41, 5.74) is 0. The Morgan fingerprint density at radius 2 is 1.84 bits per heavy atom. The number of carbonyl (C=O) groups excluding carboxylic acids is 2. The van der Waals surface area contributed by atoms with Crippen LogP contribution >= 0.6 is 0 Å². The van der Waals surface area contributed by atoms with Crippen molar-refractivity contribution in [1.29, 1.82) is 0 Å². The maximum atomic E-state index is 12.1. The molecule has 0 aromatic rings. The molecule has 4 aliphatic rings. The van der Waals surface area contributed by atoms with Crippen LogP contribution in [0, 0.1) is 59.2 Å². The van der Waals surface area contributed by atoms with Crippen molar-refractivity contribution in [1.82, 2.24) is 0 Å². The Morgan fingerprint density at radius 3 is 2.52 bits per heavy atom. The summed E-state index contributed by atoms with van der Waals surface area (Å²) in [6.45, 7) is 12.5. The largest absolute Gasteiger partial charge is 0.393 e. The number of ether oxygens (including phenoxy) is 1. The lowest BCUT2D eigenvalue weighted by molar-refractivity contribution is -0.153. The van der Waals surface area contributed by atoms with Gasteiger partial charge in [0.2, 0.25) is 0 Å². The second kappa shape index (κ2) is 9.46. The monoisotopic (exact) mass is 424 g/mol. The number of carbonyl (C=O) groups is 2. The number of allylic oxidation sites excluding steroid dienone is 4. The minimum Gasteiger partial charge on any atom is -0.393 e. The molecule has 0 aromatic heterocycles. The van der Waals surface area contributed by atoms with Crippen LogP contribution in [0.15, 0.2) is 37.5 Å². The summed E-state index contributed by atoms with van der Waals surface area (Å²) >= 11 is 0. The van der Waals surface area contributed by atoms with Crippen molar-refractivity contribution in [3.63, 3.8) is 0 Å². The third kappa shape index (κ3) is 4.34. The number of esters is 2. The third-order valence-electron chi connectivity index (χ3n) is 9.35. The molecule has 0 amide bonds. The minimum atomic E-state index is -0.379. The van der Waals surface area contributed by atoms with Crippen molar-refractivity contribution >= 4 is 11.9 Å². The SMILES string of the molecule is C=CC(C)CCCC1C2CC(C3CC=CC23)C1CCC(C)C(C=C)C1CC(=O)OC1=O. The highest BCUT2D eigenvalue weighted by molar-refractivity contribution is 5.94. The van der Waals surface area contributed by atoms with Gasteiger partial charge >= 0.3 is 11.9 Å². The number of hydrogen-bond acceptors (Lipinski definition) is 3. The van der Waals surface area contributed by atoms with Gasteiger partial charge in [0.25, 0.3) is 0 Å². The van der Waals surface area contributed by atoms with Gasteiger partial charge in [-0.2, -0.15) is 0 Å². The fraction of sp³-hybridized carbons (Fsp3) is 0.714. The van der Waals surface area contributed by atoms with Gasteiger partial charge in [-0.3, -0.25) is 9.59 Å². The average Bonchev–Trinajstić information content (AvgIpc) is 3.49. The molecule has 0 aromatic carbocycles. The quantitative estimate of drug-likeness (QED) is 0.220. The first-order valence-corrected chi connectivity index (χ1v) is 12.6. The molecule has 10 unspecified atom stereocenters. The predicted octanol–water partition coefficient (Wildman–Crippen LogP) is 6.36. The zero-order chi connectivity index (χ0) is 22.1. The molecular formula is C28H40O3. The Kier molecular flexibility index (Phi) is 6.89. The molecule has 2 bridgehead atoms. The fourth-order valence-electron chi connectivity index (χ4n) is 7.72. The van der Waals surface area contributed by atoms with E-state index >= 15 is 0 Å². The van der Waals surface area contributed by atoms with Crippen molar-refractivity contribution in [3.05, 3.63) is 37.5 Å². The molecule has 3 nitrogen and oxygen atoms in total. The van der Waals surface area contributed by atoms with E-state index < -0.39 is 0 Å². The molecule has 170 valence electrons. The van der Waals surface area contributed by atoms with Gasteiger partial charge < -0.3 is 4.74 Å². The minimum absolute atomic E-state index is 0.0327. The van der Waals surface area contributed by atoms with Gasteiger partial charge in [0.1, 0.15) is 0 Å². The molecule has 2 saturated carbocycles. The predicted molar refractivity (Wildman–Crippen MR) is 124 cm³/mol. The molecular weight excluding hydrogens is 384 g/mol. The average molecular weight is 425 g/mol. The Hall–Kier alpha value is -1.64. The van der Waals surface area contributed by atoms with Crippen molar-refractivity contribution in [2.24, 2.45) is 59.2 Å². The molecule has 10 atom stereocenters. The molecule has 0 N–H and O–H groups in total. The normalized spacial score (nSPS) is 38.7. The van der Waals surface area contributed by atoms with E-state index in [-0.39, 0.29) is 30.2 Å². The smallest absolute Gasteiger partial charge is 0.317 e. The lowest BCUT2D eigenvalue weighted by Crippen LogP contribution is -2.33. The fourth-order valence-corrected chi connectivity index (χ4v) is 7.72. The van der Waals surface area contributed by atoms with E-state index in [2.05, 4.69) is 45.2 Å². The summed E-state index contributed by atoms with van der Waals surface area (Å²) in [6, 6.07) is 0. The lowest BCUT2D eigenvalue weighted by atomic mass is 9.65. The topological polar surface area (TPSA) is 43.4 Å². The Balaban J connectivity index is 1.39. The van der Waals surface area contributed by atoms with Crippen LogP contribution in [0.25, 0.3) is 0 Å². The molecule has 0 spiro atoms. The standard InChI is InChI=1S/C28H40O3/c1-5-17(3)9-7-10-22-23(25-15-24(22)20-11-8-12-21(20)25)14-13-18(4)19(6-2)26-16-27(29)31-28(26)30/h5-6,8,11,17-26H,1-2,7,9-10,12-16H2,3-4H3. The van der Waals surface area contributed by atoms with Crippen LogP contribution in [0.2, 0.25) is 0 Å². The number of cyclic esters (lactones) is 2. The lowest BCUT2D eigenvalue weighted by Gasteiger charge is -2.39. The van der Waals surface area contributed by atoms with E-state index in [1.54, 1.807) is 0 Å². The van der Waals surface area contributed by atoms with Gasteiger partial charge in [0, 0.05) is 0 Å². The van der Waals surface area contributed by atoms with Gasteiger partial charge in [-0.1, -0.05) is 44.6 Å². The van der Waals surface area contributed by atoms with Gasteiger partial charge in [-0.15, -0.1) is 13.2 Å². The molecule has 3 heteroatoms. The maximum Gasteiger partial charge on any atom is 0.317 e. The summed E-state index contributed by atoms with van der Waals surface area (Å²) in [6.07, 6.45) is 18.1. The van der Waals surface area contributed by atoms with Crippen molar-refractivity contribution in [2.75, 3.05) is 0 Å². The van der Waals surface area contributed by atoms with Gasteiger partial charge in [0.15, 0.2) is 0 Å². The highest BCUT2D eigenvalue weighted by Crippen LogP contribution is 2.63. The molecule has 0 radical (unpaired) electrons. The zero-order valence-corrected chi connectivity index (χ0v) is 19.4. The van der Waals surface area contributed by atoms with E-state index in [9.17, 15) is 9.59 Å². The first-order chi connectivity index (χ1) is 14.9. The third-order valence-corrected chi connectivity index (χ3v) is 9.35. The molecule has 1 heterocycles. The summed E-state index contributed by atoms with van der Waals surface area (Å²) in [7, 11) is 0. The number of hydrogen-bond donors (Lipinski definition) is 0. The van der Waals surface area contributed by atoms with Crippen LogP contribution in [0.5, 0.6) is 0 Å². The second-order valence-electron chi connectivity index (χ2n) is 10.9. The summed E-state index contributed by atoms with van der Waals surface area (Å²) in [5, 5.41) is 0. The number of rotatable bonds is 11. The summed E-state index contributed by atoms with van der Waals surface area (Å²) in [5.74, 6) is 5.06. The van der Waals surface area contributed by atoms with Gasteiger partial charge in [-0.25, -0.2) is 0 Å². The van der Waals surface area contributed by atoms with Crippen LogP contribution in [0.4, 0.5) is 0 Å². The summed E-state index contributed by atoms with van der Waals surface area (Å²) < 4.78 is 4.82. The van der Waals surface area contributed by atoms with Gasteiger partial charge in [0.05, 0.1) is 12.3 Å². The Morgan fingerprint density at radius 1 is 1.06 bits per heavy atom. The van der Waals surface area contributed by atoms with E-state index in [0.29, 0.717) is 11.8 Å². The van der Waals surface area contributed by atoms with Crippen LogP contribution in [0.3, 0.4) is 0 Å². The Labute approximate surface area is 188 Å². The molecule has 4 rings (SSSR count). The van der Waals surface area contributed by atoms with E-state index in [1.807, 2.05) is 6.08 Å².